The molecule has 0 saturated carbocycles. The zero-order valence-corrected chi connectivity index (χ0v) is 15.1. The van der Waals surface area contributed by atoms with Crippen LogP contribution in [0.1, 0.15) is 49.2 Å². The number of aliphatic carboxylic acids is 1. The molecule has 1 aromatic carbocycles. The lowest BCUT2D eigenvalue weighted by Crippen LogP contribution is -2.27. The quantitative estimate of drug-likeness (QED) is 0.851. The van der Waals surface area contributed by atoms with E-state index in [1.54, 1.807) is 13.8 Å². The monoisotopic (exact) mass is 345 g/mol. The Labute approximate surface area is 148 Å². The third-order valence-electron chi connectivity index (χ3n) is 4.95. The van der Waals surface area contributed by atoms with Gasteiger partial charge in [-0.1, -0.05) is 23.7 Å². The van der Waals surface area contributed by atoms with Gasteiger partial charge in [-0.15, -0.1) is 0 Å². The summed E-state index contributed by atoms with van der Waals surface area (Å²) in [5.74, 6) is -0.750. The maximum Gasteiger partial charge on any atom is 0.309 e. The van der Waals surface area contributed by atoms with Crippen LogP contribution < -0.4 is 0 Å². The van der Waals surface area contributed by atoms with Crippen LogP contribution in [-0.4, -0.2) is 15.6 Å². The molecule has 4 heteroatoms. The molecule has 2 aromatic rings. The Balaban J connectivity index is 1.97. The topological polar surface area (TPSA) is 42.2 Å². The highest BCUT2D eigenvalue weighted by Crippen LogP contribution is 2.30. The van der Waals surface area contributed by atoms with Crippen LogP contribution in [0.3, 0.4) is 0 Å². The van der Waals surface area contributed by atoms with Crippen molar-refractivity contribution in [3.05, 3.63) is 57.9 Å². The minimum absolute atomic E-state index is 0.545. The van der Waals surface area contributed by atoms with Gasteiger partial charge in [-0.05, 0) is 68.9 Å². The number of hydrogen-bond donors (Lipinski definition) is 1. The van der Waals surface area contributed by atoms with Crippen molar-refractivity contribution in [2.75, 3.05) is 0 Å². The average molecular weight is 346 g/mol. The third kappa shape index (κ3) is 3.51. The molecule has 3 nitrogen and oxygen atoms in total. The number of aromatic nitrogens is 1. The first-order chi connectivity index (χ1) is 11.4. The van der Waals surface area contributed by atoms with Crippen molar-refractivity contribution in [3.8, 4) is 0 Å². The summed E-state index contributed by atoms with van der Waals surface area (Å²) in [4.78, 5) is 11.6. The van der Waals surface area contributed by atoms with Crippen LogP contribution >= 0.6 is 11.6 Å². The fourth-order valence-electron chi connectivity index (χ4n) is 3.47. The number of carboxylic acid groups (broad SMARTS) is 1. The highest BCUT2D eigenvalue weighted by molar-refractivity contribution is 6.30. The second-order valence-electron chi connectivity index (χ2n) is 7.39. The molecule has 0 fully saturated rings. The van der Waals surface area contributed by atoms with E-state index in [1.165, 1.54) is 29.7 Å². The molecule has 0 amide bonds. The van der Waals surface area contributed by atoms with Gasteiger partial charge in [-0.2, -0.15) is 0 Å². The number of halogens is 1. The number of carbonyl (C=O) groups is 1. The SMILES string of the molecule is CC(C)(Cc1cc2c(n1Cc1ccc(Cl)cc1)CCCC2)C(=O)O. The van der Waals surface area contributed by atoms with Crippen LogP contribution in [0.4, 0.5) is 0 Å². The summed E-state index contributed by atoms with van der Waals surface area (Å²) in [7, 11) is 0. The lowest BCUT2D eigenvalue weighted by atomic mass is 9.88. The van der Waals surface area contributed by atoms with Crippen LogP contribution in [0.25, 0.3) is 0 Å². The first-order valence-electron chi connectivity index (χ1n) is 8.55. The summed E-state index contributed by atoms with van der Waals surface area (Å²) in [6.45, 7) is 4.37. The van der Waals surface area contributed by atoms with Gasteiger partial charge in [0.1, 0.15) is 0 Å². The molecular formula is C20H24ClNO2. The van der Waals surface area contributed by atoms with Gasteiger partial charge in [-0.3, -0.25) is 4.79 Å². The smallest absolute Gasteiger partial charge is 0.309 e. The Kier molecular flexibility index (Phi) is 4.73. The van der Waals surface area contributed by atoms with Gasteiger partial charge in [0, 0.05) is 29.4 Å². The summed E-state index contributed by atoms with van der Waals surface area (Å²) >= 11 is 5.99. The maximum atomic E-state index is 11.6. The number of hydrogen-bond acceptors (Lipinski definition) is 1. The molecule has 0 radical (unpaired) electrons. The van der Waals surface area contributed by atoms with Crippen molar-refractivity contribution in [2.24, 2.45) is 5.41 Å². The van der Waals surface area contributed by atoms with Crippen LogP contribution in [0.2, 0.25) is 5.02 Å². The Morgan fingerprint density at radius 3 is 2.54 bits per heavy atom. The first kappa shape index (κ1) is 17.1. The Morgan fingerprint density at radius 1 is 1.21 bits per heavy atom. The Morgan fingerprint density at radius 2 is 1.88 bits per heavy atom. The zero-order valence-electron chi connectivity index (χ0n) is 14.3. The fraction of sp³-hybridized carbons (Fsp3) is 0.450. The lowest BCUT2D eigenvalue weighted by Gasteiger charge is -2.22. The number of carboxylic acids is 1. The van der Waals surface area contributed by atoms with E-state index in [0.29, 0.717) is 6.42 Å². The van der Waals surface area contributed by atoms with E-state index < -0.39 is 11.4 Å². The van der Waals surface area contributed by atoms with E-state index in [-0.39, 0.29) is 0 Å². The first-order valence-corrected chi connectivity index (χ1v) is 8.92. The predicted octanol–water partition coefficient (Wildman–Crippen LogP) is 4.72. The van der Waals surface area contributed by atoms with Crippen molar-refractivity contribution < 1.29 is 9.90 Å². The molecule has 1 N–H and O–H groups in total. The van der Waals surface area contributed by atoms with Gasteiger partial charge in [-0.25, -0.2) is 0 Å². The Hall–Kier alpha value is -1.74. The van der Waals surface area contributed by atoms with E-state index in [1.807, 2.05) is 24.3 Å². The molecule has 0 spiro atoms. The molecule has 0 unspecified atom stereocenters. The standard InChI is InChI=1S/C20H24ClNO2/c1-20(2,19(23)24)12-17-11-15-5-3-4-6-18(15)22(17)13-14-7-9-16(21)10-8-14/h7-11H,3-6,12-13H2,1-2H3,(H,23,24). The third-order valence-corrected chi connectivity index (χ3v) is 5.20. The molecule has 0 aliphatic heterocycles. The molecule has 1 aliphatic rings. The van der Waals surface area contributed by atoms with E-state index >= 15 is 0 Å². The molecular weight excluding hydrogens is 322 g/mol. The normalized spacial score (nSPS) is 14.5. The van der Waals surface area contributed by atoms with E-state index in [0.717, 1.165) is 30.1 Å². The van der Waals surface area contributed by atoms with Crippen molar-refractivity contribution in [3.63, 3.8) is 0 Å². The van der Waals surface area contributed by atoms with Gasteiger partial charge in [0.05, 0.1) is 5.41 Å². The molecule has 1 aliphatic carbocycles. The number of aryl methyl sites for hydroxylation is 1. The van der Waals surface area contributed by atoms with Crippen LogP contribution in [-0.2, 0) is 30.6 Å². The Bertz CT molecular complexity index is 744. The summed E-state index contributed by atoms with van der Waals surface area (Å²) < 4.78 is 2.34. The largest absolute Gasteiger partial charge is 0.481 e. The predicted molar refractivity (Wildman–Crippen MR) is 96.7 cm³/mol. The molecule has 0 saturated heterocycles. The highest BCUT2D eigenvalue weighted by Gasteiger charge is 2.30. The van der Waals surface area contributed by atoms with Crippen molar-refractivity contribution >= 4 is 17.6 Å². The molecule has 24 heavy (non-hydrogen) atoms. The zero-order chi connectivity index (χ0) is 17.3. The minimum atomic E-state index is -0.765. The van der Waals surface area contributed by atoms with Gasteiger partial charge in [0.15, 0.2) is 0 Å². The highest BCUT2D eigenvalue weighted by atomic mass is 35.5. The molecule has 1 heterocycles. The summed E-state index contributed by atoms with van der Waals surface area (Å²) in [6.07, 6.45) is 5.15. The number of rotatable bonds is 5. The molecule has 1 aromatic heterocycles. The van der Waals surface area contributed by atoms with Crippen molar-refractivity contribution in [1.82, 2.24) is 4.57 Å². The van der Waals surface area contributed by atoms with Crippen molar-refractivity contribution in [1.29, 1.82) is 0 Å². The van der Waals surface area contributed by atoms with Crippen LogP contribution in [0.5, 0.6) is 0 Å². The minimum Gasteiger partial charge on any atom is -0.481 e. The number of fused-ring (bicyclic) bond motifs is 1. The van der Waals surface area contributed by atoms with Gasteiger partial charge < -0.3 is 9.67 Å². The summed E-state index contributed by atoms with van der Waals surface area (Å²) in [6, 6.07) is 10.1. The van der Waals surface area contributed by atoms with Gasteiger partial charge in [0.2, 0.25) is 0 Å². The molecule has 0 atom stereocenters. The van der Waals surface area contributed by atoms with E-state index in [2.05, 4.69) is 10.6 Å². The second kappa shape index (κ2) is 6.64. The second-order valence-corrected chi connectivity index (χ2v) is 7.83. The number of benzene rings is 1. The molecule has 0 bridgehead atoms. The van der Waals surface area contributed by atoms with E-state index in [4.69, 9.17) is 11.6 Å². The lowest BCUT2D eigenvalue weighted by molar-refractivity contribution is -0.146. The fourth-order valence-corrected chi connectivity index (χ4v) is 3.60. The molecule has 3 rings (SSSR count). The van der Waals surface area contributed by atoms with Gasteiger partial charge in [0.25, 0.3) is 0 Å². The summed E-state index contributed by atoms with van der Waals surface area (Å²) in [5, 5.41) is 10.2. The van der Waals surface area contributed by atoms with Crippen LogP contribution in [0, 0.1) is 5.41 Å². The summed E-state index contributed by atoms with van der Waals surface area (Å²) in [5.41, 5.74) is 4.33. The number of nitrogens with zero attached hydrogens (tertiary/aromatic N) is 1. The van der Waals surface area contributed by atoms with Crippen LogP contribution in [0.15, 0.2) is 30.3 Å². The maximum absolute atomic E-state index is 11.6. The van der Waals surface area contributed by atoms with Gasteiger partial charge >= 0.3 is 5.97 Å². The van der Waals surface area contributed by atoms with Crippen molar-refractivity contribution in [2.45, 2.75) is 52.5 Å². The van der Waals surface area contributed by atoms with E-state index in [9.17, 15) is 9.90 Å². The average Bonchev–Trinajstić information content (AvgIpc) is 2.86. The molecule has 128 valence electrons.